The Kier molecular flexibility index (Phi) is 4.08. The first-order valence-electron chi connectivity index (χ1n) is 6.34. The van der Waals surface area contributed by atoms with E-state index >= 15 is 0 Å². The zero-order chi connectivity index (χ0) is 14.7. The lowest BCUT2D eigenvalue weighted by atomic mass is 10.1. The second kappa shape index (κ2) is 5.77. The number of para-hydroxylation sites is 1. The minimum atomic E-state index is -0.0950. The molecule has 1 aromatic carbocycles. The summed E-state index contributed by atoms with van der Waals surface area (Å²) in [5.74, 6) is 1.22. The summed E-state index contributed by atoms with van der Waals surface area (Å²) in [6.45, 7) is 4.17. The molecule has 0 radical (unpaired) electrons. The quantitative estimate of drug-likeness (QED) is 0.859. The molecule has 0 saturated heterocycles. The molecule has 1 amide bonds. The monoisotopic (exact) mass is 274 g/mol. The molecule has 0 spiro atoms. The Labute approximate surface area is 118 Å². The van der Waals surface area contributed by atoms with Gasteiger partial charge in [-0.3, -0.25) is 4.79 Å². The van der Waals surface area contributed by atoms with Crippen molar-refractivity contribution in [2.75, 3.05) is 14.2 Å². The fraction of sp³-hybridized carbons (Fsp3) is 0.333. The third kappa shape index (κ3) is 2.66. The van der Waals surface area contributed by atoms with Crippen molar-refractivity contribution in [1.82, 2.24) is 10.1 Å². The van der Waals surface area contributed by atoms with Gasteiger partial charge in [0.2, 0.25) is 0 Å². The summed E-state index contributed by atoms with van der Waals surface area (Å²) in [6, 6.07) is 7.19. The number of ether oxygens (including phenoxy) is 1. The van der Waals surface area contributed by atoms with Gasteiger partial charge < -0.3 is 14.2 Å². The van der Waals surface area contributed by atoms with Gasteiger partial charge in [0.25, 0.3) is 5.91 Å². The molecule has 0 atom stereocenters. The Morgan fingerprint density at radius 2 is 2.05 bits per heavy atom. The van der Waals surface area contributed by atoms with Crippen molar-refractivity contribution in [1.29, 1.82) is 0 Å². The van der Waals surface area contributed by atoms with E-state index in [1.54, 1.807) is 31.2 Å². The molecule has 106 valence electrons. The summed E-state index contributed by atoms with van der Waals surface area (Å²) in [6.07, 6.45) is 0. The van der Waals surface area contributed by atoms with Crippen LogP contribution in [0.3, 0.4) is 0 Å². The molecule has 2 aromatic rings. The Balaban J connectivity index is 2.21. The van der Waals surface area contributed by atoms with Crippen molar-refractivity contribution in [2.24, 2.45) is 0 Å². The van der Waals surface area contributed by atoms with E-state index < -0.39 is 0 Å². The van der Waals surface area contributed by atoms with Crippen LogP contribution in [0.5, 0.6) is 5.75 Å². The highest BCUT2D eigenvalue weighted by atomic mass is 16.5. The minimum absolute atomic E-state index is 0.0950. The van der Waals surface area contributed by atoms with Gasteiger partial charge in [0, 0.05) is 12.6 Å². The predicted octanol–water partition coefficient (Wildman–Crippen LogP) is 2.57. The van der Waals surface area contributed by atoms with Gasteiger partial charge >= 0.3 is 0 Å². The second-order valence-corrected chi connectivity index (χ2v) is 4.66. The molecule has 5 nitrogen and oxygen atoms in total. The Hall–Kier alpha value is -2.30. The molecule has 1 aromatic heterocycles. The lowest BCUT2D eigenvalue weighted by molar-refractivity contribution is 0.0781. The highest BCUT2D eigenvalue weighted by Crippen LogP contribution is 2.21. The molecule has 0 unspecified atom stereocenters. The lowest BCUT2D eigenvalue weighted by Crippen LogP contribution is -2.27. The van der Waals surface area contributed by atoms with E-state index in [9.17, 15) is 4.79 Å². The summed E-state index contributed by atoms with van der Waals surface area (Å²) in [5, 5.41) is 3.90. The van der Waals surface area contributed by atoms with Crippen molar-refractivity contribution >= 4 is 5.91 Å². The number of rotatable bonds is 4. The summed E-state index contributed by atoms with van der Waals surface area (Å²) < 4.78 is 10.3. The highest BCUT2D eigenvalue weighted by Gasteiger charge is 2.19. The molecule has 0 saturated carbocycles. The Bertz CT molecular complexity index is 600. The van der Waals surface area contributed by atoms with Gasteiger partial charge in [0.05, 0.1) is 24.9 Å². The Morgan fingerprint density at radius 3 is 2.65 bits per heavy atom. The topological polar surface area (TPSA) is 55.6 Å². The van der Waals surface area contributed by atoms with Crippen LogP contribution in [0.4, 0.5) is 0 Å². The van der Waals surface area contributed by atoms with Gasteiger partial charge in [-0.15, -0.1) is 0 Å². The zero-order valence-electron chi connectivity index (χ0n) is 12.1. The first-order chi connectivity index (χ1) is 9.54. The maximum Gasteiger partial charge on any atom is 0.257 e. The van der Waals surface area contributed by atoms with E-state index in [0.717, 1.165) is 17.0 Å². The van der Waals surface area contributed by atoms with Crippen LogP contribution in [-0.4, -0.2) is 30.1 Å². The average molecular weight is 274 g/mol. The zero-order valence-corrected chi connectivity index (χ0v) is 12.1. The van der Waals surface area contributed by atoms with Gasteiger partial charge in [0.15, 0.2) is 0 Å². The van der Waals surface area contributed by atoms with Crippen molar-refractivity contribution in [3.8, 4) is 5.75 Å². The third-order valence-electron chi connectivity index (χ3n) is 3.26. The molecule has 1 heterocycles. The maximum absolute atomic E-state index is 12.5. The summed E-state index contributed by atoms with van der Waals surface area (Å²) >= 11 is 0. The number of methoxy groups -OCH3 is 1. The van der Waals surface area contributed by atoms with E-state index in [1.165, 1.54) is 0 Å². The van der Waals surface area contributed by atoms with Gasteiger partial charge in [-0.2, -0.15) is 0 Å². The number of carbonyl (C=O) groups excluding carboxylic acids is 1. The molecule has 0 aliphatic heterocycles. The molecule has 0 fully saturated rings. The van der Waals surface area contributed by atoms with Crippen LogP contribution < -0.4 is 4.74 Å². The normalized spacial score (nSPS) is 10.4. The van der Waals surface area contributed by atoms with Crippen molar-refractivity contribution in [3.05, 3.63) is 46.8 Å². The maximum atomic E-state index is 12.5. The first-order valence-corrected chi connectivity index (χ1v) is 6.34. The van der Waals surface area contributed by atoms with Crippen molar-refractivity contribution in [3.63, 3.8) is 0 Å². The standard InChI is InChI=1S/C15H18N2O3/c1-10-13(11(2)20-16-10)9-17(3)15(18)12-7-5-6-8-14(12)19-4/h5-8H,9H2,1-4H3. The highest BCUT2D eigenvalue weighted by molar-refractivity contribution is 5.96. The molecule has 0 bridgehead atoms. The van der Waals surface area contributed by atoms with Crippen molar-refractivity contribution in [2.45, 2.75) is 20.4 Å². The van der Waals surface area contributed by atoms with Crippen molar-refractivity contribution < 1.29 is 14.1 Å². The number of amides is 1. The van der Waals surface area contributed by atoms with Crippen LogP contribution in [0.1, 0.15) is 27.4 Å². The largest absolute Gasteiger partial charge is 0.496 e. The molecule has 2 rings (SSSR count). The number of hydrogen-bond donors (Lipinski definition) is 0. The fourth-order valence-electron chi connectivity index (χ4n) is 2.06. The summed E-state index contributed by atoms with van der Waals surface area (Å²) in [5.41, 5.74) is 2.29. The van der Waals surface area contributed by atoms with Crippen LogP contribution in [-0.2, 0) is 6.54 Å². The predicted molar refractivity (Wildman–Crippen MR) is 74.8 cm³/mol. The first kappa shape index (κ1) is 14.1. The smallest absolute Gasteiger partial charge is 0.257 e. The van der Waals surface area contributed by atoms with E-state index in [2.05, 4.69) is 5.16 Å². The van der Waals surface area contributed by atoms with E-state index in [0.29, 0.717) is 17.9 Å². The SMILES string of the molecule is COc1ccccc1C(=O)N(C)Cc1c(C)noc1C. The fourth-order valence-corrected chi connectivity index (χ4v) is 2.06. The number of hydrogen-bond acceptors (Lipinski definition) is 4. The molecule has 20 heavy (non-hydrogen) atoms. The third-order valence-corrected chi connectivity index (χ3v) is 3.26. The van der Waals surface area contributed by atoms with E-state index in [4.69, 9.17) is 9.26 Å². The van der Waals surface area contributed by atoms with Gasteiger partial charge in [-0.05, 0) is 26.0 Å². The number of aromatic nitrogens is 1. The number of carbonyl (C=O) groups is 1. The summed E-state index contributed by atoms with van der Waals surface area (Å²) in [7, 11) is 3.31. The second-order valence-electron chi connectivity index (χ2n) is 4.66. The molecule has 0 aliphatic rings. The van der Waals surface area contributed by atoms with E-state index in [-0.39, 0.29) is 5.91 Å². The van der Waals surface area contributed by atoms with Crippen LogP contribution >= 0.6 is 0 Å². The van der Waals surface area contributed by atoms with Gasteiger partial charge in [-0.25, -0.2) is 0 Å². The van der Waals surface area contributed by atoms with Crippen LogP contribution in [0.2, 0.25) is 0 Å². The Morgan fingerprint density at radius 1 is 1.35 bits per heavy atom. The average Bonchev–Trinajstić information content (AvgIpc) is 2.78. The molecular weight excluding hydrogens is 256 g/mol. The van der Waals surface area contributed by atoms with Crippen LogP contribution in [0.15, 0.2) is 28.8 Å². The van der Waals surface area contributed by atoms with Crippen LogP contribution in [0, 0.1) is 13.8 Å². The molecule has 0 N–H and O–H groups in total. The van der Waals surface area contributed by atoms with Gasteiger partial charge in [-0.1, -0.05) is 17.3 Å². The lowest BCUT2D eigenvalue weighted by Gasteiger charge is -2.18. The number of benzene rings is 1. The van der Waals surface area contributed by atoms with E-state index in [1.807, 2.05) is 26.0 Å². The van der Waals surface area contributed by atoms with Crippen LogP contribution in [0.25, 0.3) is 0 Å². The number of nitrogens with zero attached hydrogens (tertiary/aromatic N) is 2. The molecule has 0 aliphatic carbocycles. The number of aryl methyl sites for hydroxylation is 2. The minimum Gasteiger partial charge on any atom is -0.496 e. The summed E-state index contributed by atoms with van der Waals surface area (Å²) in [4.78, 5) is 14.1. The molecular formula is C15H18N2O3. The van der Waals surface area contributed by atoms with Gasteiger partial charge in [0.1, 0.15) is 11.5 Å². The molecule has 5 heteroatoms.